The van der Waals surface area contributed by atoms with Crippen molar-refractivity contribution in [2.24, 2.45) is 5.10 Å². The van der Waals surface area contributed by atoms with E-state index in [0.29, 0.717) is 44.2 Å². The van der Waals surface area contributed by atoms with E-state index in [-0.39, 0.29) is 12.1 Å². The fourth-order valence-corrected chi connectivity index (χ4v) is 3.86. The van der Waals surface area contributed by atoms with Crippen LogP contribution in [0.4, 0.5) is 16.4 Å². The molecule has 3 aromatic heterocycles. The van der Waals surface area contributed by atoms with Crippen molar-refractivity contribution in [1.29, 1.82) is 0 Å². The van der Waals surface area contributed by atoms with Crippen molar-refractivity contribution in [3.8, 4) is 11.4 Å². The predicted molar refractivity (Wildman–Crippen MR) is 117 cm³/mol. The smallest absolute Gasteiger partial charge is 0.337 e. The van der Waals surface area contributed by atoms with E-state index in [4.69, 9.17) is 6.57 Å². The van der Waals surface area contributed by atoms with Gasteiger partial charge in [-0.15, -0.1) is 0 Å². The number of nitrogens with one attached hydrogen (secondary N) is 1. The van der Waals surface area contributed by atoms with Gasteiger partial charge in [-0.25, -0.2) is 24.6 Å². The number of aromatic nitrogens is 5. The van der Waals surface area contributed by atoms with Gasteiger partial charge in [-0.1, -0.05) is 0 Å². The first-order valence-electron chi connectivity index (χ1n) is 10.2. The molecule has 0 saturated carbocycles. The number of urea groups is 1. The molecule has 160 valence electrons. The van der Waals surface area contributed by atoms with Crippen LogP contribution in [0.5, 0.6) is 0 Å². The quantitative estimate of drug-likeness (QED) is 0.642. The van der Waals surface area contributed by atoms with E-state index in [1.54, 1.807) is 35.8 Å². The second-order valence-electron chi connectivity index (χ2n) is 7.45. The van der Waals surface area contributed by atoms with Crippen molar-refractivity contribution in [2.75, 3.05) is 31.1 Å². The van der Waals surface area contributed by atoms with E-state index in [0.717, 1.165) is 17.0 Å². The number of rotatable bonds is 3. The molecule has 0 unspecified atom stereocenters. The number of hydrazone groups is 1. The van der Waals surface area contributed by atoms with Crippen molar-refractivity contribution in [2.45, 2.75) is 12.5 Å². The molecular formula is C21H20N10O. The summed E-state index contributed by atoms with van der Waals surface area (Å²) in [6.45, 7) is 9.51. The normalized spacial score (nSPS) is 18.1. The lowest BCUT2D eigenvalue weighted by molar-refractivity contribution is 0.139. The zero-order chi connectivity index (χ0) is 21.9. The molecule has 5 heterocycles. The Balaban J connectivity index is 1.25. The van der Waals surface area contributed by atoms with E-state index >= 15 is 0 Å². The highest BCUT2D eigenvalue weighted by molar-refractivity contribution is 5.79. The van der Waals surface area contributed by atoms with Gasteiger partial charge in [0.2, 0.25) is 11.6 Å². The summed E-state index contributed by atoms with van der Waals surface area (Å²) in [7, 11) is 0. The van der Waals surface area contributed by atoms with Crippen LogP contribution >= 0.6 is 0 Å². The molecule has 2 amide bonds. The number of aromatic amines is 1. The number of hydrogen-bond donors (Lipinski definition) is 1. The first-order valence-corrected chi connectivity index (χ1v) is 10.2. The molecule has 0 aliphatic carbocycles. The highest BCUT2D eigenvalue weighted by Crippen LogP contribution is 2.31. The van der Waals surface area contributed by atoms with Gasteiger partial charge < -0.3 is 9.80 Å². The van der Waals surface area contributed by atoms with Crippen LogP contribution in [0.2, 0.25) is 0 Å². The minimum Gasteiger partial charge on any atom is -0.337 e. The summed E-state index contributed by atoms with van der Waals surface area (Å²) >= 11 is 0. The van der Waals surface area contributed by atoms with Crippen LogP contribution in [0.25, 0.3) is 16.2 Å². The largest absolute Gasteiger partial charge is 0.341 e. The minimum absolute atomic E-state index is 0.149. The van der Waals surface area contributed by atoms with Gasteiger partial charge in [0.25, 0.3) is 0 Å². The fraction of sp³-hybridized carbons (Fsp3) is 0.286. The van der Waals surface area contributed by atoms with E-state index in [2.05, 4.69) is 40.0 Å². The fourth-order valence-electron chi connectivity index (χ4n) is 3.86. The lowest BCUT2D eigenvalue weighted by Gasteiger charge is -2.37. The van der Waals surface area contributed by atoms with Crippen LogP contribution in [0, 0.1) is 6.57 Å². The SMILES string of the molecule is [C-]#[N+]c1cncc([C@@H]2CC=NN2C(=O)N2CCN(c3nccc(-c4ccn[nH]4)n3)CC2)c1. The average molecular weight is 428 g/mol. The summed E-state index contributed by atoms with van der Waals surface area (Å²) in [5.41, 5.74) is 2.87. The molecule has 0 spiro atoms. The third kappa shape index (κ3) is 3.74. The molecule has 1 N–H and O–H groups in total. The summed E-state index contributed by atoms with van der Waals surface area (Å²) in [4.78, 5) is 33.6. The molecule has 0 bridgehead atoms. The molecule has 2 aliphatic heterocycles. The molecule has 32 heavy (non-hydrogen) atoms. The average Bonchev–Trinajstić information content (AvgIpc) is 3.57. The van der Waals surface area contributed by atoms with E-state index in [1.807, 2.05) is 12.1 Å². The van der Waals surface area contributed by atoms with Crippen LogP contribution in [0.3, 0.4) is 0 Å². The standard InChI is InChI=1S/C21H20N10O/c1-22-16-12-15(13-23-14-16)19-4-7-26-31(19)21(32)30-10-8-29(9-11-30)20-24-5-2-17(27-20)18-3-6-25-28-18/h2-3,5-7,12-14,19H,4,8-11H2,(H,25,28)/t19-/m0/s1. The molecular weight excluding hydrogens is 408 g/mol. The number of carbonyl (C=O) groups is 1. The first kappa shape index (κ1) is 19.6. The zero-order valence-electron chi connectivity index (χ0n) is 17.2. The van der Waals surface area contributed by atoms with E-state index in [9.17, 15) is 4.79 Å². The molecule has 1 atom stereocenters. The topological polar surface area (TPSA) is 111 Å². The predicted octanol–water partition coefficient (Wildman–Crippen LogP) is 2.49. The Morgan fingerprint density at radius 1 is 1.16 bits per heavy atom. The molecule has 0 radical (unpaired) electrons. The maximum atomic E-state index is 13.2. The molecule has 3 aromatic rings. The lowest BCUT2D eigenvalue weighted by Crippen LogP contribution is -2.52. The van der Waals surface area contributed by atoms with Crippen LogP contribution in [-0.2, 0) is 0 Å². The van der Waals surface area contributed by atoms with Crippen molar-refractivity contribution in [3.05, 3.63) is 60.0 Å². The first-order chi connectivity index (χ1) is 15.7. The summed E-state index contributed by atoms with van der Waals surface area (Å²) in [6, 6.07) is 5.06. The summed E-state index contributed by atoms with van der Waals surface area (Å²) in [5.74, 6) is 0.628. The van der Waals surface area contributed by atoms with Crippen molar-refractivity contribution < 1.29 is 4.79 Å². The van der Waals surface area contributed by atoms with Gasteiger partial charge in [-0.05, 0) is 23.8 Å². The third-order valence-electron chi connectivity index (χ3n) is 5.54. The van der Waals surface area contributed by atoms with Crippen molar-refractivity contribution >= 4 is 23.9 Å². The molecule has 11 nitrogen and oxygen atoms in total. The van der Waals surface area contributed by atoms with Gasteiger partial charge in [0, 0.05) is 63.6 Å². The van der Waals surface area contributed by atoms with Crippen molar-refractivity contribution in [1.82, 2.24) is 35.1 Å². The number of amides is 2. The summed E-state index contributed by atoms with van der Waals surface area (Å²) < 4.78 is 0. The summed E-state index contributed by atoms with van der Waals surface area (Å²) in [5, 5.41) is 12.7. The number of carbonyl (C=O) groups excluding carboxylic acids is 1. The van der Waals surface area contributed by atoms with Gasteiger partial charge in [0.1, 0.15) is 0 Å². The van der Waals surface area contributed by atoms with Gasteiger partial charge >= 0.3 is 6.03 Å². The Morgan fingerprint density at radius 2 is 2.03 bits per heavy atom. The molecule has 11 heteroatoms. The second kappa shape index (κ2) is 8.43. The third-order valence-corrected chi connectivity index (χ3v) is 5.54. The molecule has 5 rings (SSSR count). The molecule has 1 fully saturated rings. The van der Waals surface area contributed by atoms with E-state index < -0.39 is 0 Å². The number of anilines is 1. The van der Waals surface area contributed by atoms with Gasteiger partial charge in [0.05, 0.1) is 24.0 Å². The molecule has 2 aliphatic rings. The number of H-pyrrole nitrogens is 1. The highest BCUT2D eigenvalue weighted by Gasteiger charge is 2.33. The Hall–Kier alpha value is -4.33. The Labute approximate surface area is 184 Å². The van der Waals surface area contributed by atoms with Crippen LogP contribution < -0.4 is 4.90 Å². The molecule has 0 aromatic carbocycles. The van der Waals surface area contributed by atoms with Crippen molar-refractivity contribution in [3.63, 3.8) is 0 Å². The van der Waals surface area contributed by atoms with E-state index in [1.165, 1.54) is 11.2 Å². The minimum atomic E-state index is -0.246. The van der Waals surface area contributed by atoms with Gasteiger partial charge in [-0.2, -0.15) is 10.2 Å². The zero-order valence-corrected chi connectivity index (χ0v) is 17.2. The highest BCUT2D eigenvalue weighted by atomic mass is 16.2. The lowest BCUT2D eigenvalue weighted by atomic mass is 10.1. The van der Waals surface area contributed by atoms with Crippen LogP contribution in [-0.4, -0.2) is 73.5 Å². The monoisotopic (exact) mass is 428 g/mol. The summed E-state index contributed by atoms with van der Waals surface area (Å²) in [6.07, 6.45) is 8.95. The maximum Gasteiger partial charge on any atom is 0.341 e. The van der Waals surface area contributed by atoms with Gasteiger partial charge in [0.15, 0.2) is 0 Å². The number of piperazine rings is 1. The Kier molecular flexibility index (Phi) is 5.17. The Morgan fingerprint density at radius 3 is 2.81 bits per heavy atom. The number of nitrogens with zero attached hydrogens (tertiary/aromatic N) is 9. The van der Waals surface area contributed by atoms with Crippen LogP contribution in [0.15, 0.2) is 48.1 Å². The molecule has 1 saturated heterocycles. The number of pyridine rings is 1. The second-order valence-corrected chi connectivity index (χ2v) is 7.45. The Bertz CT molecular complexity index is 1180. The maximum absolute atomic E-state index is 13.2. The number of hydrogen-bond acceptors (Lipinski definition) is 7. The van der Waals surface area contributed by atoms with Crippen LogP contribution in [0.1, 0.15) is 18.0 Å². The van der Waals surface area contributed by atoms with Gasteiger partial charge in [-0.3, -0.25) is 10.1 Å².